The molecule has 0 radical (unpaired) electrons. The van der Waals surface area contributed by atoms with Crippen LogP contribution in [0.3, 0.4) is 0 Å². The summed E-state index contributed by atoms with van der Waals surface area (Å²) in [5.41, 5.74) is -0.517. The smallest absolute Gasteiger partial charge is 0.378 e. The monoisotopic (exact) mass is 324 g/mol. The highest BCUT2D eigenvalue weighted by Gasteiger charge is 2.29. The Morgan fingerprint density at radius 2 is 1.96 bits per heavy atom. The highest BCUT2D eigenvalue weighted by atomic mass is 16.7. The maximum atomic E-state index is 11.9. The first-order valence-electron chi connectivity index (χ1n) is 7.87. The van der Waals surface area contributed by atoms with Crippen molar-refractivity contribution in [1.29, 1.82) is 0 Å². The second-order valence-electron chi connectivity index (χ2n) is 6.56. The first-order valence-corrected chi connectivity index (χ1v) is 7.87. The lowest BCUT2D eigenvalue weighted by Crippen LogP contribution is -2.39. The molecule has 0 saturated carbocycles. The first-order chi connectivity index (χ1) is 10.8. The van der Waals surface area contributed by atoms with E-state index in [9.17, 15) is 9.59 Å². The quantitative estimate of drug-likeness (QED) is 0.777. The zero-order valence-electron chi connectivity index (χ0n) is 14.1. The molecule has 0 bridgehead atoms. The Bertz CT molecular complexity index is 556. The second-order valence-corrected chi connectivity index (χ2v) is 6.56. The number of aromatic nitrogens is 3. The summed E-state index contributed by atoms with van der Waals surface area (Å²) in [7, 11) is 0. The summed E-state index contributed by atoms with van der Waals surface area (Å²) >= 11 is 0. The summed E-state index contributed by atoms with van der Waals surface area (Å²) in [6.45, 7) is 8.77. The molecule has 1 aliphatic heterocycles. The van der Waals surface area contributed by atoms with Crippen LogP contribution in [0.4, 0.5) is 0 Å². The molecule has 1 aromatic heterocycles. The number of piperidine rings is 1. The van der Waals surface area contributed by atoms with Crippen LogP contribution < -0.4 is 0 Å². The van der Waals surface area contributed by atoms with Crippen molar-refractivity contribution >= 4 is 11.9 Å². The standard InChI is InChI=1S/C15H24N4O4/c1-5-22-13(20)12-16-10-19(17-12)11-6-8-18(9-7-11)23-14(21)15(2,3)4/h10-11H,5-9H2,1-4H3. The minimum Gasteiger partial charge on any atom is -0.460 e. The van der Waals surface area contributed by atoms with E-state index in [0.29, 0.717) is 19.7 Å². The van der Waals surface area contributed by atoms with E-state index in [-0.39, 0.29) is 17.8 Å². The van der Waals surface area contributed by atoms with E-state index in [2.05, 4.69) is 10.1 Å². The van der Waals surface area contributed by atoms with Gasteiger partial charge in [-0.1, -0.05) is 0 Å². The Morgan fingerprint density at radius 1 is 1.30 bits per heavy atom. The molecule has 2 heterocycles. The third kappa shape index (κ3) is 4.51. The number of esters is 1. The summed E-state index contributed by atoms with van der Waals surface area (Å²) in [5.74, 6) is -0.669. The molecule has 23 heavy (non-hydrogen) atoms. The van der Waals surface area contributed by atoms with Crippen LogP contribution in [-0.2, 0) is 14.4 Å². The van der Waals surface area contributed by atoms with Crippen LogP contribution in [0.2, 0.25) is 0 Å². The van der Waals surface area contributed by atoms with E-state index in [1.807, 2.05) is 20.8 Å². The number of hydroxylamine groups is 2. The van der Waals surface area contributed by atoms with Crippen molar-refractivity contribution in [2.45, 2.75) is 46.6 Å². The Morgan fingerprint density at radius 3 is 2.52 bits per heavy atom. The highest BCUT2D eigenvalue weighted by Crippen LogP contribution is 2.23. The summed E-state index contributed by atoms with van der Waals surface area (Å²) in [4.78, 5) is 32.8. The molecule has 1 aromatic rings. The van der Waals surface area contributed by atoms with Crippen molar-refractivity contribution in [1.82, 2.24) is 19.8 Å². The van der Waals surface area contributed by atoms with E-state index in [0.717, 1.165) is 12.8 Å². The van der Waals surface area contributed by atoms with Crippen LogP contribution in [0.5, 0.6) is 0 Å². The van der Waals surface area contributed by atoms with Gasteiger partial charge >= 0.3 is 11.9 Å². The molecule has 1 fully saturated rings. The molecule has 1 saturated heterocycles. The molecule has 0 unspecified atom stereocenters. The molecule has 0 aliphatic carbocycles. The molecule has 1 aliphatic rings. The van der Waals surface area contributed by atoms with E-state index < -0.39 is 11.4 Å². The van der Waals surface area contributed by atoms with Crippen LogP contribution in [-0.4, -0.2) is 51.5 Å². The van der Waals surface area contributed by atoms with Crippen molar-refractivity contribution < 1.29 is 19.2 Å². The number of carbonyl (C=O) groups is 2. The molecule has 0 atom stereocenters. The fourth-order valence-corrected chi connectivity index (χ4v) is 2.19. The van der Waals surface area contributed by atoms with Gasteiger partial charge in [0.2, 0.25) is 0 Å². The molecule has 0 spiro atoms. The Labute approximate surface area is 135 Å². The van der Waals surface area contributed by atoms with Crippen LogP contribution in [0.15, 0.2) is 6.33 Å². The lowest BCUT2D eigenvalue weighted by molar-refractivity contribution is -0.205. The van der Waals surface area contributed by atoms with Gasteiger partial charge in [0.05, 0.1) is 18.1 Å². The number of ether oxygens (including phenoxy) is 1. The molecule has 2 rings (SSSR count). The van der Waals surface area contributed by atoms with E-state index >= 15 is 0 Å². The lowest BCUT2D eigenvalue weighted by Gasteiger charge is -2.31. The van der Waals surface area contributed by atoms with Gasteiger partial charge < -0.3 is 9.57 Å². The number of nitrogens with zero attached hydrogens (tertiary/aromatic N) is 4. The number of hydrogen-bond acceptors (Lipinski definition) is 7. The minimum atomic E-state index is -0.517. The van der Waals surface area contributed by atoms with Crippen molar-refractivity contribution in [3.63, 3.8) is 0 Å². The van der Waals surface area contributed by atoms with Crippen molar-refractivity contribution in [3.05, 3.63) is 12.2 Å². The summed E-state index contributed by atoms with van der Waals surface area (Å²) in [5, 5.41) is 5.87. The van der Waals surface area contributed by atoms with Crippen molar-refractivity contribution in [2.24, 2.45) is 5.41 Å². The first kappa shape index (κ1) is 17.4. The van der Waals surface area contributed by atoms with E-state index in [1.54, 1.807) is 23.0 Å². The van der Waals surface area contributed by atoms with Crippen LogP contribution in [0.1, 0.15) is 57.2 Å². The fraction of sp³-hybridized carbons (Fsp3) is 0.733. The number of hydrogen-bond donors (Lipinski definition) is 0. The Balaban J connectivity index is 1.87. The normalized spacial score (nSPS) is 17.0. The van der Waals surface area contributed by atoms with Gasteiger partial charge in [0, 0.05) is 13.1 Å². The SMILES string of the molecule is CCOC(=O)c1ncn(C2CCN(OC(=O)C(C)(C)C)CC2)n1. The van der Waals surface area contributed by atoms with Gasteiger partial charge in [-0.2, -0.15) is 0 Å². The van der Waals surface area contributed by atoms with E-state index in [1.165, 1.54) is 0 Å². The average Bonchev–Trinajstić information content (AvgIpc) is 2.97. The van der Waals surface area contributed by atoms with Gasteiger partial charge in [0.15, 0.2) is 0 Å². The molecule has 0 N–H and O–H groups in total. The van der Waals surface area contributed by atoms with Crippen molar-refractivity contribution in [3.8, 4) is 0 Å². The number of carbonyl (C=O) groups excluding carboxylic acids is 2. The third-order valence-corrected chi connectivity index (χ3v) is 3.59. The topological polar surface area (TPSA) is 86.5 Å². The molecular formula is C15H24N4O4. The van der Waals surface area contributed by atoms with Gasteiger partial charge in [-0.3, -0.25) is 0 Å². The highest BCUT2D eigenvalue weighted by molar-refractivity contribution is 5.84. The summed E-state index contributed by atoms with van der Waals surface area (Å²) in [6.07, 6.45) is 3.08. The maximum absolute atomic E-state index is 11.9. The van der Waals surface area contributed by atoms with Crippen LogP contribution in [0, 0.1) is 5.41 Å². The van der Waals surface area contributed by atoms with Crippen LogP contribution >= 0.6 is 0 Å². The average molecular weight is 324 g/mol. The Hall–Kier alpha value is -1.96. The largest absolute Gasteiger partial charge is 0.460 e. The molecule has 128 valence electrons. The van der Waals surface area contributed by atoms with Crippen LogP contribution in [0.25, 0.3) is 0 Å². The van der Waals surface area contributed by atoms with Gasteiger partial charge in [0.1, 0.15) is 6.33 Å². The summed E-state index contributed by atoms with van der Waals surface area (Å²) in [6, 6.07) is 0.135. The van der Waals surface area contributed by atoms with Crippen molar-refractivity contribution in [2.75, 3.05) is 19.7 Å². The van der Waals surface area contributed by atoms with Gasteiger partial charge in [-0.25, -0.2) is 19.3 Å². The molecule has 0 amide bonds. The van der Waals surface area contributed by atoms with Gasteiger partial charge in [-0.15, -0.1) is 10.2 Å². The third-order valence-electron chi connectivity index (χ3n) is 3.59. The fourth-order valence-electron chi connectivity index (χ4n) is 2.19. The van der Waals surface area contributed by atoms with Gasteiger partial charge in [-0.05, 0) is 40.5 Å². The predicted molar refractivity (Wildman–Crippen MR) is 81.4 cm³/mol. The van der Waals surface area contributed by atoms with E-state index in [4.69, 9.17) is 9.57 Å². The molecule has 8 heteroatoms. The zero-order chi connectivity index (χ0) is 17.0. The lowest BCUT2D eigenvalue weighted by atomic mass is 9.98. The molecule has 8 nitrogen and oxygen atoms in total. The summed E-state index contributed by atoms with van der Waals surface area (Å²) < 4.78 is 6.57. The maximum Gasteiger partial charge on any atom is 0.378 e. The molecular weight excluding hydrogens is 300 g/mol. The van der Waals surface area contributed by atoms with Gasteiger partial charge in [0.25, 0.3) is 5.82 Å². The predicted octanol–water partition coefficient (Wildman–Crippen LogP) is 1.60. The Kier molecular flexibility index (Phi) is 5.35. The molecule has 0 aromatic carbocycles. The second kappa shape index (κ2) is 7.08. The zero-order valence-corrected chi connectivity index (χ0v) is 14.1. The number of rotatable bonds is 4. The minimum absolute atomic E-state index is 0.0773.